The van der Waals surface area contributed by atoms with Crippen LogP contribution in [0.4, 0.5) is 10.8 Å². The van der Waals surface area contributed by atoms with Gasteiger partial charge in [0.15, 0.2) is 0 Å². The van der Waals surface area contributed by atoms with E-state index in [1.807, 2.05) is 30.3 Å². The number of nitrogens with zero attached hydrogens (tertiary/aromatic N) is 4. The lowest BCUT2D eigenvalue weighted by Crippen LogP contribution is -2.47. The first-order valence-electron chi connectivity index (χ1n) is 10.6. The molecule has 0 unspecified atom stereocenters. The Hall–Kier alpha value is -3.34. The second kappa shape index (κ2) is 10.5. The summed E-state index contributed by atoms with van der Waals surface area (Å²) < 4.78 is 5.37. The van der Waals surface area contributed by atoms with Gasteiger partial charge in [0.25, 0.3) is 5.91 Å². The molecule has 9 nitrogen and oxygen atoms in total. The van der Waals surface area contributed by atoms with Crippen LogP contribution >= 0.6 is 11.3 Å². The summed E-state index contributed by atoms with van der Waals surface area (Å²) in [4.78, 5) is 29.8. The second-order valence-corrected chi connectivity index (χ2v) is 8.75. The molecule has 2 aromatic carbocycles. The van der Waals surface area contributed by atoms with Crippen molar-refractivity contribution in [3.05, 3.63) is 54.1 Å². The van der Waals surface area contributed by atoms with Crippen LogP contribution in [0.15, 0.2) is 48.5 Å². The summed E-state index contributed by atoms with van der Waals surface area (Å²) in [6, 6.07) is 14.6. The first-order chi connectivity index (χ1) is 16.0. The Morgan fingerprint density at radius 3 is 2.52 bits per heavy atom. The van der Waals surface area contributed by atoms with Crippen LogP contribution in [0.2, 0.25) is 0 Å². The minimum absolute atomic E-state index is 0.146. The fraction of sp³-hybridized carbons (Fsp3) is 0.304. The topological polar surface area (TPSA) is 99.7 Å². The van der Waals surface area contributed by atoms with Crippen LogP contribution < -0.4 is 15.4 Å². The summed E-state index contributed by atoms with van der Waals surface area (Å²) in [5.74, 6) is -0.00410. The molecule has 0 saturated carbocycles. The average molecular weight is 467 g/mol. The van der Waals surface area contributed by atoms with Crippen LogP contribution in [0.5, 0.6) is 5.75 Å². The molecule has 33 heavy (non-hydrogen) atoms. The zero-order chi connectivity index (χ0) is 23.2. The molecule has 0 spiro atoms. The van der Waals surface area contributed by atoms with Gasteiger partial charge in [-0.2, -0.15) is 0 Å². The van der Waals surface area contributed by atoms with Gasteiger partial charge in [0.2, 0.25) is 11.0 Å². The first-order valence-corrected chi connectivity index (χ1v) is 11.4. The van der Waals surface area contributed by atoms with E-state index in [1.54, 1.807) is 18.2 Å². The molecule has 10 heteroatoms. The third-order valence-electron chi connectivity index (χ3n) is 5.37. The minimum Gasteiger partial charge on any atom is -0.495 e. The Labute approximate surface area is 196 Å². The number of benzene rings is 2. The zero-order valence-corrected chi connectivity index (χ0v) is 19.4. The van der Waals surface area contributed by atoms with E-state index in [0.29, 0.717) is 28.7 Å². The van der Waals surface area contributed by atoms with Gasteiger partial charge in [0.05, 0.1) is 19.3 Å². The largest absolute Gasteiger partial charge is 0.495 e. The summed E-state index contributed by atoms with van der Waals surface area (Å²) >= 11 is 1.29. The van der Waals surface area contributed by atoms with Gasteiger partial charge in [-0.1, -0.05) is 41.7 Å². The normalized spacial score (nSPS) is 14.6. The smallest absolute Gasteiger partial charge is 0.257 e. The number of aromatic nitrogens is 2. The lowest BCUT2D eigenvalue weighted by Gasteiger charge is -2.31. The van der Waals surface area contributed by atoms with E-state index in [0.717, 1.165) is 36.8 Å². The van der Waals surface area contributed by atoms with Gasteiger partial charge in [-0.3, -0.25) is 19.8 Å². The predicted octanol–water partition coefficient (Wildman–Crippen LogP) is 2.65. The Balaban J connectivity index is 1.42. The molecule has 0 aliphatic carbocycles. The fourth-order valence-corrected chi connectivity index (χ4v) is 4.23. The molecule has 2 amide bonds. The summed E-state index contributed by atoms with van der Waals surface area (Å²) in [6.07, 6.45) is 0. The third kappa shape index (κ3) is 5.92. The SMILES string of the molecule is COc1ccc(C(=O)Nc2nnc(-c3ccccc3)s2)cc1NC(=O)CN1CCN(C)CC1. The minimum atomic E-state index is -0.344. The molecule has 1 fully saturated rings. The Morgan fingerprint density at radius 1 is 1.03 bits per heavy atom. The van der Waals surface area contributed by atoms with Gasteiger partial charge in [-0.15, -0.1) is 10.2 Å². The number of amides is 2. The van der Waals surface area contributed by atoms with Crippen molar-refractivity contribution >= 4 is 34.0 Å². The monoisotopic (exact) mass is 466 g/mol. The van der Waals surface area contributed by atoms with Gasteiger partial charge in [-0.25, -0.2) is 0 Å². The summed E-state index contributed by atoms with van der Waals surface area (Å²) in [7, 11) is 3.60. The highest BCUT2D eigenvalue weighted by molar-refractivity contribution is 7.18. The van der Waals surface area contributed by atoms with Crippen molar-refractivity contribution < 1.29 is 14.3 Å². The van der Waals surface area contributed by atoms with Crippen LogP contribution in [0.25, 0.3) is 10.6 Å². The van der Waals surface area contributed by atoms with Gasteiger partial charge in [0.1, 0.15) is 10.8 Å². The van der Waals surface area contributed by atoms with Crippen molar-refractivity contribution in [1.29, 1.82) is 0 Å². The summed E-state index contributed by atoms with van der Waals surface area (Å²) in [6.45, 7) is 3.85. The van der Waals surface area contributed by atoms with Gasteiger partial charge in [-0.05, 0) is 25.2 Å². The van der Waals surface area contributed by atoms with E-state index >= 15 is 0 Å². The van der Waals surface area contributed by atoms with Crippen molar-refractivity contribution in [1.82, 2.24) is 20.0 Å². The van der Waals surface area contributed by atoms with Crippen molar-refractivity contribution in [2.24, 2.45) is 0 Å². The van der Waals surface area contributed by atoms with Crippen molar-refractivity contribution in [3.63, 3.8) is 0 Å². The van der Waals surface area contributed by atoms with E-state index in [-0.39, 0.29) is 11.8 Å². The fourth-order valence-electron chi connectivity index (χ4n) is 3.49. The highest BCUT2D eigenvalue weighted by atomic mass is 32.1. The van der Waals surface area contributed by atoms with E-state index in [9.17, 15) is 9.59 Å². The number of methoxy groups -OCH3 is 1. The van der Waals surface area contributed by atoms with Gasteiger partial charge in [0, 0.05) is 37.3 Å². The molecule has 1 aromatic heterocycles. The predicted molar refractivity (Wildman–Crippen MR) is 129 cm³/mol. The lowest BCUT2D eigenvalue weighted by atomic mass is 10.1. The molecule has 0 atom stereocenters. The van der Waals surface area contributed by atoms with Crippen LogP contribution in [0.1, 0.15) is 10.4 Å². The standard InChI is InChI=1S/C23H26N6O3S/c1-28-10-12-29(13-11-28)15-20(30)24-18-14-17(8-9-19(18)32-2)21(31)25-23-27-26-22(33-23)16-6-4-3-5-7-16/h3-9,14H,10-13,15H2,1-2H3,(H,24,30)(H,25,27,31). The molecule has 1 aliphatic heterocycles. The molecule has 3 aromatic rings. The number of nitrogens with one attached hydrogen (secondary N) is 2. The molecule has 2 heterocycles. The molecular weight excluding hydrogens is 440 g/mol. The maximum absolute atomic E-state index is 12.8. The van der Waals surface area contributed by atoms with Gasteiger partial charge >= 0.3 is 0 Å². The molecule has 2 N–H and O–H groups in total. The maximum atomic E-state index is 12.8. The number of likely N-dealkylation sites (N-methyl/N-ethyl adjacent to an activating group) is 1. The molecule has 1 aliphatic rings. The number of piperazine rings is 1. The molecule has 0 bridgehead atoms. The number of rotatable bonds is 7. The van der Waals surface area contributed by atoms with E-state index in [4.69, 9.17) is 4.74 Å². The van der Waals surface area contributed by atoms with Crippen molar-refractivity contribution in [3.8, 4) is 16.3 Å². The Bertz CT molecular complexity index is 1110. The summed E-state index contributed by atoms with van der Waals surface area (Å²) in [5.41, 5.74) is 1.76. The Kier molecular flexibility index (Phi) is 7.28. The number of anilines is 2. The number of carbonyl (C=O) groups excluding carboxylic acids is 2. The average Bonchev–Trinajstić information content (AvgIpc) is 3.29. The highest BCUT2D eigenvalue weighted by Crippen LogP contribution is 2.28. The third-order valence-corrected chi connectivity index (χ3v) is 6.25. The van der Waals surface area contributed by atoms with Crippen LogP contribution in [-0.4, -0.2) is 78.7 Å². The molecule has 1 saturated heterocycles. The van der Waals surface area contributed by atoms with Crippen LogP contribution in [0.3, 0.4) is 0 Å². The number of hydrogen-bond acceptors (Lipinski definition) is 8. The lowest BCUT2D eigenvalue weighted by molar-refractivity contribution is -0.117. The molecule has 4 rings (SSSR count). The quantitative estimate of drug-likeness (QED) is 0.552. The number of carbonyl (C=O) groups is 2. The highest BCUT2D eigenvalue weighted by Gasteiger charge is 2.19. The summed E-state index contributed by atoms with van der Waals surface area (Å²) in [5, 5.41) is 15.0. The van der Waals surface area contributed by atoms with Crippen molar-refractivity contribution in [2.75, 3.05) is 57.5 Å². The number of hydrogen-bond donors (Lipinski definition) is 2. The first kappa shape index (κ1) is 22.8. The number of ether oxygens (including phenoxy) is 1. The second-order valence-electron chi connectivity index (χ2n) is 7.78. The molecule has 0 radical (unpaired) electrons. The molecular formula is C23H26N6O3S. The molecule has 172 valence electrons. The zero-order valence-electron chi connectivity index (χ0n) is 18.6. The van der Waals surface area contributed by atoms with E-state index in [2.05, 4.69) is 37.7 Å². The van der Waals surface area contributed by atoms with E-state index in [1.165, 1.54) is 18.4 Å². The van der Waals surface area contributed by atoms with Gasteiger partial charge < -0.3 is 15.0 Å². The Morgan fingerprint density at radius 2 is 1.79 bits per heavy atom. The van der Waals surface area contributed by atoms with Crippen LogP contribution in [-0.2, 0) is 4.79 Å². The van der Waals surface area contributed by atoms with Crippen LogP contribution in [0, 0.1) is 0 Å². The van der Waals surface area contributed by atoms with Crippen molar-refractivity contribution in [2.45, 2.75) is 0 Å². The van der Waals surface area contributed by atoms with E-state index < -0.39 is 0 Å². The maximum Gasteiger partial charge on any atom is 0.257 e.